The molecule has 1 atom stereocenters. The fourth-order valence-corrected chi connectivity index (χ4v) is 0.932. The Morgan fingerprint density at radius 3 is 1.70 bits per heavy atom. The zero-order valence-corrected chi connectivity index (χ0v) is 10.5. The summed E-state index contributed by atoms with van der Waals surface area (Å²) in [5.41, 5.74) is 0. The summed E-state index contributed by atoms with van der Waals surface area (Å²) in [4.78, 5) is 0. The molecule has 132 valence electrons. The molecule has 0 fully saturated rings. The smallest absolute Gasteiger partial charge is 0.402 e. The van der Waals surface area contributed by atoms with Gasteiger partial charge in [0.25, 0.3) is 6.01 Å². The topological polar surface area (TPSA) is 42.2 Å². The molecular formula is C10H5F10NO2. The van der Waals surface area contributed by atoms with E-state index in [4.69, 9.17) is 5.26 Å². The Hall–Kier alpha value is -1.97. The lowest BCUT2D eigenvalue weighted by atomic mass is 10.1. The maximum atomic E-state index is 13.6. The average molecular weight is 361 g/mol. The van der Waals surface area contributed by atoms with Crippen LogP contribution in [0.25, 0.3) is 0 Å². The molecule has 0 aliphatic rings. The molecule has 0 amide bonds. The van der Waals surface area contributed by atoms with Crippen LogP contribution in [0.3, 0.4) is 0 Å². The lowest BCUT2D eigenvalue weighted by molar-refractivity contribution is -0.466. The molecule has 0 radical (unpaired) electrons. The second-order valence-electron chi connectivity index (χ2n) is 3.70. The summed E-state index contributed by atoms with van der Waals surface area (Å²) in [6.07, 6.45) is -13.3. The van der Waals surface area contributed by atoms with Crippen molar-refractivity contribution >= 4 is 0 Å². The van der Waals surface area contributed by atoms with Gasteiger partial charge in [0.05, 0.1) is 0 Å². The Bertz CT molecular complexity index is 526. The highest BCUT2D eigenvalue weighted by molar-refractivity contribution is 5.07. The first-order valence-corrected chi connectivity index (χ1v) is 4.98. The molecular weight excluding hydrogens is 356 g/mol. The van der Waals surface area contributed by atoms with Crippen LogP contribution in [0.1, 0.15) is 0 Å². The van der Waals surface area contributed by atoms with Gasteiger partial charge in [-0.1, -0.05) is 6.58 Å². The predicted molar refractivity (Wildman–Crippen MR) is 51.9 cm³/mol. The molecule has 0 N–H and O–H groups in total. The van der Waals surface area contributed by atoms with E-state index in [1.165, 1.54) is 0 Å². The van der Waals surface area contributed by atoms with Gasteiger partial charge in [0.15, 0.2) is 0 Å². The van der Waals surface area contributed by atoms with E-state index in [9.17, 15) is 43.9 Å². The standard InChI is InChI=1S/C10H5F10NO2/c1-3-7(14,9(17,18)22-5(2)11)23-10(19,20)8(15,16)6(12,13)4-21/h3H,1-2H2. The van der Waals surface area contributed by atoms with Crippen LogP contribution in [0, 0.1) is 11.3 Å². The minimum Gasteiger partial charge on any atom is -0.402 e. The predicted octanol–water partition coefficient (Wildman–Crippen LogP) is 4.29. The normalized spacial score (nSPS) is 16.2. The monoisotopic (exact) mass is 361 g/mol. The van der Waals surface area contributed by atoms with Gasteiger partial charge < -0.3 is 4.74 Å². The molecule has 23 heavy (non-hydrogen) atoms. The van der Waals surface area contributed by atoms with E-state index < -0.39 is 48.1 Å². The molecule has 0 spiro atoms. The highest BCUT2D eigenvalue weighted by Crippen LogP contribution is 2.50. The van der Waals surface area contributed by atoms with Gasteiger partial charge in [-0.15, -0.1) is 0 Å². The van der Waals surface area contributed by atoms with Crippen LogP contribution >= 0.6 is 0 Å². The van der Waals surface area contributed by atoms with E-state index in [-0.39, 0.29) is 0 Å². The fraction of sp³-hybridized carbons (Fsp3) is 0.500. The number of rotatable bonds is 8. The van der Waals surface area contributed by atoms with Crippen molar-refractivity contribution in [1.82, 2.24) is 0 Å². The van der Waals surface area contributed by atoms with Gasteiger partial charge in [-0.2, -0.15) is 49.2 Å². The molecule has 13 heteroatoms. The summed E-state index contributed by atoms with van der Waals surface area (Å²) in [5, 5.41) is 7.71. The van der Waals surface area contributed by atoms with Crippen molar-refractivity contribution in [3.05, 3.63) is 25.2 Å². The summed E-state index contributed by atoms with van der Waals surface area (Å²) in [6, 6.07) is -2.97. The Morgan fingerprint density at radius 1 is 0.957 bits per heavy atom. The third-order valence-electron chi connectivity index (χ3n) is 2.08. The van der Waals surface area contributed by atoms with E-state index >= 15 is 0 Å². The third-order valence-corrected chi connectivity index (χ3v) is 2.08. The number of nitrogens with zero attached hydrogens (tertiary/aromatic N) is 1. The summed E-state index contributed by atoms with van der Waals surface area (Å²) in [7, 11) is 0. The molecule has 0 bridgehead atoms. The van der Waals surface area contributed by atoms with E-state index in [2.05, 4.69) is 22.6 Å². The van der Waals surface area contributed by atoms with Crippen LogP contribution < -0.4 is 0 Å². The number of halogens is 10. The molecule has 1 unspecified atom stereocenters. The van der Waals surface area contributed by atoms with Crippen LogP contribution in [-0.2, 0) is 9.47 Å². The van der Waals surface area contributed by atoms with Gasteiger partial charge in [-0.3, -0.25) is 4.74 Å². The number of nitriles is 1. The van der Waals surface area contributed by atoms with Crippen LogP contribution in [0.15, 0.2) is 25.2 Å². The molecule has 3 nitrogen and oxygen atoms in total. The van der Waals surface area contributed by atoms with Gasteiger partial charge in [-0.25, -0.2) is 0 Å². The van der Waals surface area contributed by atoms with Crippen molar-refractivity contribution in [3.8, 4) is 6.07 Å². The zero-order valence-electron chi connectivity index (χ0n) is 10.5. The Kier molecular flexibility index (Phi) is 5.40. The van der Waals surface area contributed by atoms with Crippen molar-refractivity contribution in [1.29, 1.82) is 5.26 Å². The van der Waals surface area contributed by atoms with E-state index in [1.807, 2.05) is 0 Å². The second-order valence-corrected chi connectivity index (χ2v) is 3.70. The van der Waals surface area contributed by atoms with Crippen molar-refractivity contribution in [3.63, 3.8) is 0 Å². The molecule has 0 saturated carbocycles. The zero-order chi connectivity index (χ0) is 18.9. The Balaban J connectivity index is 5.86. The Labute approximate surface area is 121 Å². The van der Waals surface area contributed by atoms with Crippen molar-refractivity contribution < 1.29 is 53.4 Å². The van der Waals surface area contributed by atoms with E-state index in [0.717, 1.165) is 0 Å². The van der Waals surface area contributed by atoms with Gasteiger partial charge in [0.2, 0.25) is 0 Å². The first-order chi connectivity index (χ1) is 9.99. The van der Waals surface area contributed by atoms with Crippen LogP contribution in [0.2, 0.25) is 0 Å². The van der Waals surface area contributed by atoms with E-state index in [1.54, 1.807) is 0 Å². The molecule has 0 aromatic carbocycles. The maximum absolute atomic E-state index is 13.6. The summed E-state index contributed by atoms with van der Waals surface area (Å²) < 4.78 is 134. The largest absolute Gasteiger partial charge is 0.465 e. The average Bonchev–Trinajstić information content (AvgIpc) is 2.35. The second kappa shape index (κ2) is 5.91. The number of hydrogen-bond acceptors (Lipinski definition) is 3. The first-order valence-electron chi connectivity index (χ1n) is 4.98. The minimum absolute atomic E-state index is 0.522. The van der Waals surface area contributed by atoms with Crippen molar-refractivity contribution in [2.45, 2.75) is 29.9 Å². The molecule has 0 rings (SSSR count). The highest BCUT2D eigenvalue weighted by Gasteiger charge is 2.77. The number of alkyl halides is 9. The first kappa shape index (κ1) is 21.0. The van der Waals surface area contributed by atoms with Crippen LogP contribution in [0.4, 0.5) is 43.9 Å². The number of hydrogen-bond donors (Lipinski definition) is 0. The van der Waals surface area contributed by atoms with Gasteiger partial charge in [0, 0.05) is 0 Å². The fourth-order valence-electron chi connectivity index (χ4n) is 0.932. The van der Waals surface area contributed by atoms with E-state index in [0.29, 0.717) is 0 Å². The molecule has 0 aromatic heterocycles. The third kappa shape index (κ3) is 3.69. The minimum atomic E-state index is -6.74. The molecule has 0 aliphatic carbocycles. The Morgan fingerprint density at radius 2 is 1.39 bits per heavy atom. The van der Waals surface area contributed by atoms with Gasteiger partial charge in [0.1, 0.15) is 6.07 Å². The molecule has 0 heterocycles. The lowest BCUT2D eigenvalue weighted by Gasteiger charge is -2.35. The quantitative estimate of drug-likeness (QED) is 0.368. The summed E-state index contributed by atoms with van der Waals surface area (Å²) in [6.45, 7) is 4.27. The molecule has 0 saturated heterocycles. The van der Waals surface area contributed by atoms with Crippen LogP contribution in [-0.4, -0.2) is 29.9 Å². The number of ether oxygens (including phenoxy) is 2. The SMILES string of the molecule is C=CC(F)(OC(F)(F)C(F)(F)C(F)(F)C#N)C(F)(F)OC(=C)F. The maximum Gasteiger partial charge on any atom is 0.465 e. The summed E-state index contributed by atoms with van der Waals surface area (Å²) >= 11 is 0. The lowest BCUT2D eigenvalue weighted by Crippen LogP contribution is -2.60. The van der Waals surface area contributed by atoms with Crippen LogP contribution in [0.5, 0.6) is 0 Å². The highest BCUT2D eigenvalue weighted by atomic mass is 19.4. The molecule has 0 aromatic rings. The van der Waals surface area contributed by atoms with Gasteiger partial charge in [-0.05, 0) is 12.7 Å². The summed E-state index contributed by atoms with van der Waals surface area (Å²) in [5.74, 6) is -18.3. The van der Waals surface area contributed by atoms with Gasteiger partial charge >= 0.3 is 29.9 Å². The van der Waals surface area contributed by atoms with Crippen molar-refractivity contribution in [2.24, 2.45) is 0 Å². The van der Waals surface area contributed by atoms with Crippen molar-refractivity contribution in [2.75, 3.05) is 0 Å². The molecule has 0 aliphatic heterocycles.